The van der Waals surface area contributed by atoms with E-state index in [2.05, 4.69) is 41.8 Å². The number of aryl methyl sites for hydroxylation is 1. The number of hydrogen-bond donors (Lipinski definition) is 0. The van der Waals surface area contributed by atoms with E-state index in [0.717, 1.165) is 29.7 Å². The summed E-state index contributed by atoms with van der Waals surface area (Å²) in [6.45, 7) is 8.77. The van der Waals surface area contributed by atoms with Crippen molar-refractivity contribution in [3.8, 4) is 0 Å². The summed E-state index contributed by atoms with van der Waals surface area (Å²) in [5, 5.41) is 4.44. The van der Waals surface area contributed by atoms with Gasteiger partial charge in [-0.05, 0) is 28.3 Å². The van der Waals surface area contributed by atoms with Crippen molar-refractivity contribution in [2.24, 2.45) is 5.92 Å². The van der Waals surface area contributed by atoms with Crippen molar-refractivity contribution in [3.63, 3.8) is 0 Å². The standard InChI is InChI=1S/C11H19BrN2O/c1-4-5-14-6-10(12)11(13-14)8-15-7-9(2)3/h6,9H,4-5,7-8H2,1-3H3. The topological polar surface area (TPSA) is 27.1 Å². The minimum Gasteiger partial charge on any atom is -0.375 e. The molecule has 1 aromatic rings. The third-order valence-corrected chi connectivity index (χ3v) is 2.59. The summed E-state index contributed by atoms with van der Waals surface area (Å²) in [6, 6.07) is 0. The SMILES string of the molecule is CCCn1cc(Br)c(COCC(C)C)n1. The second-order valence-corrected chi connectivity index (χ2v) is 4.95. The Labute approximate surface area is 99.9 Å². The monoisotopic (exact) mass is 274 g/mol. The van der Waals surface area contributed by atoms with Gasteiger partial charge in [-0.15, -0.1) is 0 Å². The van der Waals surface area contributed by atoms with Crippen LogP contribution in [0.5, 0.6) is 0 Å². The molecule has 0 N–H and O–H groups in total. The Morgan fingerprint density at radius 2 is 2.27 bits per heavy atom. The number of ether oxygens (including phenoxy) is 1. The van der Waals surface area contributed by atoms with Gasteiger partial charge in [0.05, 0.1) is 11.1 Å². The predicted molar refractivity (Wildman–Crippen MR) is 64.7 cm³/mol. The zero-order valence-corrected chi connectivity index (χ0v) is 11.2. The molecule has 0 bridgehead atoms. The summed E-state index contributed by atoms with van der Waals surface area (Å²) in [6.07, 6.45) is 3.11. The van der Waals surface area contributed by atoms with E-state index in [-0.39, 0.29) is 0 Å². The van der Waals surface area contributed by atoms with Crippen LogP contribution in [0.4, 0.5) is 0 Å². The minimum absolute atomic E-state index is 0.571. The van der Waals surface area contributed by atoms with Crippen LogP contribution in [0, 0.1) is 5.92 Å². The van der Waals surface area contributed by atoms with Crippen molar-refractivity contribution >= 4 is 15.9 Å². The van der Waals surface area contributed by atoms with Gasteiger partial charge in [-0.2, -0.15) is 5.10 Å². The smallest absolute Gasteiger partial charge is 0.102 e. The largest absolute Gasteiger partial charge is 0.375 e. The lowest BCUT2D eigenvalue weighted by atomic mass is 10.2. The van der Waals surface area contributed by atoms with E-state index >= 15 is 0 Å². The highest BCUT2D eigenvalue weighted by Crippen LogP contribution is 2.16. The highest BCUT2D eigenvalue weighted by molar-refractivity contribution is 9.10. The van der Waals surface area contributed by atoms with Gasteiger partial charge in [-0.1, -0.05) is 20.8 Å². The van der Waals surface area contributed by atoms with Crippen LogP contribution in [0.2, 0.25) is 0 Å². The summed E-state index contributed by atoms with van der Waals surface area (Å²) in [4.78, 5) is 0. The first-order valence-corrected chi connectivity index (χ1v) is 6.22. The van der Waals surface area contributed by atoms with Crippen molar-refractivity contribution < 1.29 is 4.74 Å². The van der Waals surface area contributed by atoms with E-state index in [0.29, 0.717) is 12.5 Å². The molecule has 15 heavy (non-hydrogen) atoms. The molecule has 0 atom stereocenters. The molecule has 86 valence electrons. The van der Waals surface area contributed by atoms with E-state index < -0.39 is 0 Å². The van der Waals surface area contributed by atoms with E-state index in [4.69, 9.17) is 4.74 Å². The van der Waals surface area contributed by atoms with Gasteiger partial charge in [0.15, 0.2) is 0 Å². The molecule has 3 nitrogen and oxygen atoms in total. The van der Waals surface area contributed by atoms with Gasteiger partial charge >= 0.3 is 0 Å². The summed E-state index contributed by atoms with van der Waals surface area (Å²) in [7, 11) is 0. The van der Waals surface area contributed by atoms with Gasteiger partial charge < -0.3 is 4.74 Å². The fourth-order valence-electron chi connectivity index (χ4n) is 1.27. The van der Waals surface area contributed by atoms with Gasteiger partial charge in [-0.3, -0.25) is 4.68 Å². The number of halogens is 1. The van der Waals surface area contributed by atoms with E-state index in [9.17, 15) is 0 Å². The van der Waals surface area contributed by atoms with Crippen molar-refractivity contribution in [2.75, 3.05) is 6.61 Å². The number of rotatable bonds is 6. The zero-order valence-electron chi connectivity index (χ0n) is 9.66. The molecule has 4 heteroatoms. The molecule has 0 fully saturated rings. The lowest BCUT2D eigenvalue weighted by Gasteiger charge is -2.04. The molecule has 0 unspecified atom stereocenters. The molecule has 0 amide bonds. The molecule has 0 saturated heterocycles. The fourth-order valence-corrected chi connectivity index (χ4v) is 1.70. The Hall–Kier alpha value is -0.350. The maximum atomic E-state index is 5.55. The lowest BCUT2D eigenvalue weighted by molar-refractivity contribution is 0.0940. The van der Waals surface area contributed by atoms with Crippen LogP contribution < -0.4 is 0 Å². The first-order valence-electron chi connectivity index (χ1n) is 5.43. The summed E-state index contributed by atoms with van der Waals surface area (Å²) >= 11 is 3.49. The van der Waals surface area contributed by atoms with Gasteiger partial charge in [0.25, 0.3) is 0 Å². The van der Waals surface area contributed by atoms with Crippen LogP contribution in [0.25, 0.3) is 0 Å². The highest BCUT2D eigenvalue weighted by atomic mass is 79.9. The van der Waals surface area contributed by atoms with Crippen molar-refractivity contribution in [2.45, 2.75) is 40.3 Å². The van der Waals surface area contributed by atoms with Crippen molar-refractivity contribution in [1.29, 1.82) is 0 Å². The molecule has 0 spiro atoms. The van der Waals surface area contributed by atoms with Crippen molar-refractivity contribution in [3.05, 3.63) is 16.4 Å². The third-order valence-electron chi connectivity index (χ3n) is 1.93. The molecule has 1 heterocycles. The van der Waals surface area contributed by atoms with E-state index in [1.165, 1.54) is 0 Å². The van der Waals surface area contributed by atoms with E-state index in [1.807, 2.05) is 10.9 Å². The Morgan fingerprint density at radius 1 is 1.53 bits per heavy atom. The lowest BCUT2D eigenvalue weighted by Crippen LogP contribution is -2.03. The van der Waals surface area contributed by atoms with Gasteiger partial charge in [0, 0.05) is 19.3 Å². The Bertz CT molecular complexity index is 297. The van der Waals surface area contributed by atoms with E-state index in [1.54, 1.807) is 0 Å². The van der Waals surface area contributed by atoms with Gasteiger partial charge in [0.2, 0.25) is 0 Å². The average molecular weight is 275 g/mol. The predicted octanol–water partition coefficient (Wildman–Crippen LogP) is 3.23. The summed E-state index contributed by atoms with van der Waals surface area (Å²) in [5.74, 6) is 0.571. The summed E-state index contributed by atoms with van der Waals surface area (Å²) in [5.41, 5.74) is 0.990. The Morgan fingerprint density at radius 3 is 2.87 bits per heavy atom. The highest BCUT2D eigenvalue weighted by Gasteiger charge is 2.06. The molecule has 0 aromatic carbocycles. The zero-order chi connectivity index (χ0) is 11.3. The molecular formula is C11H19BrN2O. The van der Waals surface area contributed by atoms with Crippen LogP contribution in [0.1, 0.15) is 32.9 Å². The third kappa shape index (κ3) is 4.34. The number of aromatic nitrogens is 2. The molecule has 0 aliphatic rings. The average Bonchev–Trinajstić information content (AvgIpc) is 2.47. The first kappa shape index (κ1) is 12.7. The van der Waals surface area contributed by atoms with Crippen LogP contribution in [-0.4, -0.2) is 16.4 Å². The maximum Gasteiger partial charge on any atom is 0.102 e. The van der Waals surface area contributed by atoms with Crippen LogP contribution >= 0.6 is 15.9 Å². The van der Waals surface area contributed by atoms with Crippen molar-refractivity contribution in [1.82, 2.24) is 9.78 Å². The Balaban J connectivity index is 2.46. The molecule has 1 rings (SSSR count). The first-order chi connectivity index (χ1) is 7.13. The van der Waals surface area contributed by atoms with Crippen LogP contribution in [0.3, 0.4) is 0 Å². The fraction of sp³-hybridized carbons (Fsp3) is 0.727. The van der Waals surface area contributed by atoms with Crippen LogP contribution in [-0.2, 0) is 17.9 Å². The minimum atomic E-state index is 0.571. The van der Waals surface area contributed by atoms with Gasteiger partial charge in [-0.25, -0.2) is 0 Å². The van der Waals surface area contributed by atoms with Gasteiger partial charge in [0.1, 0.15) is 5.69 Å². The molecule has 1 aromatic heterocycles. The number of nitrogens with zero attached hydrogens (tertiary/aromatic N) is 2. The van der Waals surface area contributed by atoms with Crippen LogP contribution in [0.15, 0.2) is 10.7 Å². The summed E-state index contributed by atoms with van der Waals surface area (Å²) < 4.78 is 8.55. The Kier molecular flexibility index (Phi) is 5.32. The quantitative estimate of drug-likeness (QED) is 0.797. The molecular weight excluding hydrogens is 256 g/mol. The molecule has 0 saturated carbocycles. The molecule has 0 radical (unpaired) electrons. The normalized spacial score (nSPS) is 11.3. The molecule has 0 aliphatic carbocycles. The molecule has 0 aliphatic heterocycles. The number of hydrogen-bond acceptors (Lipinski definition) is 2. The maximum absolute atomic E-state index is 5.55. The second-order valence-electron chi connectivity index (χ2n) is 4.10. The second kappa shape index (κ2) is 6.28.